The molecule has 0 bridgehead atoms. The van der Waals surface area contributed by atoms with Gasteiger partial charge < -0.3 is 10.1 Å². The van der Waals surface area contributed by atoms with E-state index in [1.54, 1.807) is 13.2 Å². The number of aryl methyl sites for hydroxylation is 1. The molecule has 0 saturated carbocycles. The molecule has 3 heteroatoms. The molecule has 1 N–H and O–H groups in total. The van der Waals surface area contributed by atoms with Crippen molar-refractivity contribution < 1.29 is 9.13 Å². The fourth-order valence-electron chi connectivity index (χ4n) is 4.08. The number of ether oxygens (including phenoxy) is 1. The SMILES string of the molecule is COc1ccc(C)c2c1N[C@H](c1ccccc1F)[C@H]1CC=C[C@@H]21. The maximum Gasteiger partial charge on any atom is 0.142 e. The predicted octanol–water partition coefficient (Wildman–Crippen LogP) is 4.97. The van der Waals surface area contributed by atoms with Gasteiger partial charge in [0.2, 0.25) is 0 Å². The van der Waals surface area contributed by atoms with E-state index in [1.165, 1.54) is 17.2 Å². The summed E-state index contributed by atoms with van der Waals surface area (Å²) in [6.45, 7) is 2.13. The molecule has 0 amide bonds. The zero-order chi connectivity index (χ0) is 16.0. The summed E-state index contributed by atoms with van der Waals surface area (Å²) in [5.74, 6) is 1.33. The molecule has 1 aliphatic carbocycles. The van der Waals surface area contributed by atoms with Crippen LogP contribution in [0.4, 0.5) is 10.1 Å². The molecule has 2 aliphatic rings. The van der Waals surface area contributed by atoms with Crippen LogP contribution in [0.25, 0.3) is 0 Å². The van der Waals surface area contributed by atoms with Crippen LogP contribution in [-0.4, -0.2) is 7.11 Å². The van der Waals surface area contributed by atoms with Crippen LogP contribution >= 0.6 is 0 Å². The minimum atomic E-state index is -0.147. The van der Waals surface area contributed by atoms with E-state index in [1.807, 2.05) is 18.2 Å². The van der Waals surface area contributed by atoms with E-state index in [9.17, 15) is 4.39 Å². The molecule has 4 rings (SSSR count). The van der Waals surface area contributed by atoms with Crippen LogP contribution in [0, 0.1) is 18.7 Å². The van der Waals surface area contributed by atoms with Crippen molar-refractivity contribution in [2.75, 3.05) is 12.4 Å². The molecule has 118 valence electrons. The molecule has 3 atom stereocenters. The van der Waals surface area contributed by atoms with Crippen LogP contribution in [0.15, 0.2) is 48.6 Å². The van der Waals surface area contributed by atoms with Gasteiger partial charge in [-0.15, -0.1) is 0 Å². The van der Waals surface area contributed by atoms with Crippen molar-refractivity contribution in [1.82, 2.24) is 0 Å². The average Bonchev–Trinajstić information content (AvgIpc) is 3.04. The van der Waals surface area contributed by atoms with Crippen molar-refractivity contribution in [2.45, 2.75) is 25.3 Å². The Bertz CT molecular complexity index is 783. The first-order valence-corrected chi connectivity index (χ1v) is 8.06. The normalized spacial score (nSPS) is 24.7. The van der Waals surface area contributed by atoms with Gasteiger partial charge in [0.15, 0.2) is 0 Å². The summed E-state index contributed by atoms with van der Waals surface area (Å²) in [5, 5.41) is 3.58. The number of allylic oxidation sites excluding steroid dienone is 2. The Balaban J connectivity index is 1.88. The lowest BCUT2D eigenvalue weighted by molar-refractivity contribution is 0.391. The van der Waals surface area contributed by atoms with Crippen molar-refractivity contribution in [3.63, 3.8) is 0 Å². The quantitative estimate of drug-likeness (QED) is 0.791. The number of nitrogens with one attached hydrogen (secondary N) is 1. The second-order valence-corrected chi connectivity index (χ2v) is 6.37. The second-order valence-electron chi connectivity index (χ2n) is 6.37. The van der Waals surface area contributed by atoms with Gasteiger partial charge in [-0.3, -0.25) is 0 Å². The Labute approximate surface area is 136 Å². The van der Waals surface area contributed by atoms with Gasteiger partial charge in [-0.1, -0.05) is 36.4 Å². The van der Waals surface area contributed by atoms with Gasteiger partial charge in [-0.25, -0.2) is 4.39 Å². The van der Waals surface area contributed by atoms with E-state index in [0.717, 1.165) is 23.4 Å². The van der Waals surface area contributed by atoms with E-state index in [2.05, 4.69) is 30.5 Å². The minimum Gasteiger partial charge on any atom is -0.495 e. The van der Waals surface area contributed by atoms with E-state index in [0.29, 0.717) is 11.8 Å². The lowest BCUT2D eigenvalue weighted by Gasteiger charge is -2.39. The maximum atomic E-state index is 14.4. The van der Waals surface area contributed by atoms with Crippen molar-refractivity contribution in [3.05, 3.63) is 71.1 Å². The van der Waals surface area contributed by atoms with E-state index in [-0.39, 0.29) is 11.9 Å². The number of rotatable bonds is 2. The first kappa shape index (κ1) is 14.3. The van der Waals surface area contributed by atoms with Gasteiger partial charge in [0.1, 0.15) is 11.6 Å². The molecule has 0 saturated heterocycles. The van der Waals surface area contributed by atoms with Gasteiger partial charge in [0.25, 0.3) is 0 Å². The summed E-state index contributed by atoms with van der Waals surface area (Å²) in [4.78, 5) is 0. The highest BCUT2D eigenvalue weighted by molar-refractivity contribution is 5.69. The summed E-state index contributed by atoms with van der Waals surface area (Å²) < 4.78 is 19.9. The zero-order valence-corrected chi connectivity index (χ0v) is 13.3. The lowest BCUT2D eigenvalue weighted by Crippen LogP contribution is -2.30. The number of hydrogen-bond acceptors (Lipinski definition) is 2. The Morgan fingerprint density at radius 3 is 2.78 bits per heavy atom. The van der Waals surface area contributed by atoms with Crippen molar-refractivity contribution in [2.24, 2.45) is 5.92 Å². The monoisotopic (exact) mass is 309 g/mol. The van der Waals surface area contributed by atoms with Gasteiger partial charge >= 0.3 is 0 Å². The highest BCUT2D eigenvalue weighted by atomic mass is 19.1. The molecular formula is C20H20FNO. The van der Waals surface area contributed by atoms with Crippen LogP contribution in [0.1, 0.15) is 35.1 Å². The molecule has 1 heterocycles. The number of anilines is 1. The van der Waals surface area contributed by atoms with E-state index in [4.69, 9.17) is 4.74 Å². The van der Waals surface area contributed by atoms with Crippen LogP contribution < -0.4 is 10.1 Å². The van der Waals surface area contributed by atoms with Gasteiger partial charge in [-0.05, 0) is 42.5 Å². The van der Waals surface area contributed by atoms with Gasteiger partial charge in [0, 0.05) is 11.5 Å². The fourth-order valence-corrected chi connectivity index (χ4v) is 4.08. The number of methoxy groups -OCH3 is 1. The molecule has 1 aliphatic heterocycles. The van der Waals surface area contributed by atoms with Crippen LogP contribution in [-0.2, 0) is 0 Å². The first-order valence-electron chi connectivity index (χ1n) is 8.06. The van der Waals surface area contributed by atoms with E-state index < -0.39 is 0 Å². The Hall–Kier alpha value is -2.29. The average molecular weight is 309 g/mol. The Morgan fingerprint density at radius 2 is 2.00 bits per heavy atom. The molecule has 0 aromatic heterocycles. The molecule has 2 aromatic rings. The predicted molar refractivity (Wildman–Crippen MR) is 90.5 cm³/mol. The number of hydrogen-bond donors (Lipinski definition) is 1. The van der Waals surface area contributed by atoms with Crippen molar-refractivity contribution >= 4 is 5.69 Å². The molecule has 0 unspecified atom stereocenters. The highest BCUT2D eigenvalue weighted by Gasteiger charge is 2.40. The topological polar surface area (TPSA) is 21.3 Å². The minimum absolute atomic E-state index is 0.0422. The van der Waals surface area contributed by atoms with Gasteiger partial charge in [-0.2, -0.15) is 0 Å². The molecule has 23 heavy (non-hydrogen) atoms. The molecule has 0 radical (unpaired) electrons. The Kier molecular flexibility index (Phi) is 3.37. The van der Waals surface area contributed by atoms with Gasteiger partial charge in [0.05, 0.1) is 18.8 Å². The van der Waals surface area contributed by atoms with Crippen LogP contribution in [0.3, 0.4) is 0 Å². The summed E-state index contributed by atoms with van der Waals surface area (Å²) in [5.41, 5.74) is 4.28. The van der Waals surface area contributed by atoms with E-state index >= 15 is 0 Å². The molecular weight excluding hydrogens is 289 g/mol. The fraction of sp³-hybridized carbons (Fsp3) is 0.300. The summed E-state index contributed by atoms with van der Waals surface area (Å²) in [7, 11) is 1.68. The summed E-state index contributed by atoms with van der Waals surface area (Å²) in [6, 6.07) is 11.1. The summed E-state index contributed by atoms with van der Waals surface area (Å²) in [6.07, 6.45) is 5.45. The van der Waals surface area contributed by atoms with Crippen LogP contribution in [0.5, 0.6) is 5.75 Å². The molecule has 2 aromatic carbocycles. The van der Waals surface area contributed by atoms with Crippen molar-refractivity contribution in [3.8, 4) is 5.75 Å². The van der Waals surface area contributed by atoms with Crippen LogP contribution in [0.2, 0.25) is 0 Å². The third-order valence-electron chi connectivity index (χ3n) is 5.16. The number of halogens is 1. The first-order chi connectivity index (χ1) is 11.2. The molecule has 2 nitrogen and oxygen atoms in total. The third kappa shape index (κ3) is 2.14. The standard InChI is InChI=1S/C20H20FNO/c1-12-10-11-17(23-2)20-18(12)13-7-5-8-14(13)19(22-20)15-6-3-4-9-16(15)21/h3-7,9-11,13-14,19,22H,8H2,1-2H3/t13-,14+,19+/m1/s1. The smallest absolute Gasteiger partial charge is 0.142 e. The lowest BCUT2D eigenvalue weighted by atomic mass is 9.75. The molecule has 0 fully saturated rings. The Morgan fingerprint density at radius 1 is 1.17 bits per heavy atom. The third-order valence-corrected chi connectivity index (χ3v) is 5.16. The largest absolute Gasteiger partial charge is 0.495 e. The highest BCUT2D eigenvalue weighted by Crippen LogP contribution is 2.53. The second kappa shape index (κ2) is 5.41. The maximum absolute atomic E-state index is 14.4. The van der Waals surface area contributed by atoms with Crippen molar-refractivity contribution in [1.29, 1.82) is 0 Å². The zero-order valence-electron chi connectivity index (χ0n) is 13.3. The summed E-state index contributed by atoms with van der Waals surface area (Å²) >= 11 is 0. The number of benzene rings is 2. The molecule has 0 spiro atoms. The number of fused-ring (bicyclic) bond motifs is 3.